The van der Waals surface area contributed by atoms with E-state index in [9.17, 15) is 9.50 Å². The standard InChI is InChI=1S/C10H14FNO/c1-3-10(13,4-2)9-6-5-8(11)7-12-9/h5-7,13H,3-4H2,1-2H3. The van der Waals surface area contributed by atoms with E-state index >= 15 is 0 Å². The van der Waals surface area contributed by atoms with Crippen molar-refractivity contribution in [2.75, 3.05) is 0 Å². The number of pyridine rings is 1. The first-order chi connectivity index (χ1) is 6.12. The second-order valence-corrected chi connectivity index (χ2v) is 3.10. The van der Waals surface area contributed by atoms with Crippen LogP contribution in [0.25, 0.3) is 0 Å². The van der Waals surface area contributed by atoms with Crippen molar-refractivity contribution in [3.05, 3.63) is 29.8 Å². The summed E-state index contributed by atoms with van der Waals surface area (Å²) in [4.78, 5) is 3.87. The molecule has 13 heavy (non-hydrogen) atoms. The Bertz CT molecular complexity index is 267. The summed E-state index contributed by atoms with van der Waals surface area (Å²) in [5.74, 6) is -0.377. The van der Waals surface area contributed by atoms with Gasteiger partial charge in [0.1, 0.15) is 11.4 Å². The molecule has 0 aromatic carbocycles. The van der Waals surface area contributed by atoms with E-state index in [0.29, 0.717) is 18.5 Å². The van der Waals surface area contributed by atoms with Gasteiger partial charge in [-0.1, -0.05) is 13.8 Å². The normalized spacial score (nSPS) is 11.7. The summed E-state index contributed by atoms with van der Waals surface area (Å²) < 4.78 is 12.5. The molecule has 3 heteroatoms. The zero-order chi connectivity index (χ0) is 9.90. The zero-order valence-corrected chi connectivity index (χ0v) is 7.92. The number of nitrogens with zero attached hydrogens (tertiary/aromatic N) is 1. The topological polar surface area (TPSA) is 33.1 Å². The molecule has 0 saturated heterocycles. The molecular weight excluding hydrogens is 169 g/mol. The average molecular weight is 183 g/mol. The lowest BCUT2D eigenvalue weighted by Crippen LogP contribution is -2.24. The predicted octanol–water partition coefficient (Wildman–Crippen LogP) is 2.23. The Morgan fingerprint density at radius 1 is 1.38 bits per heavy atom. The Balaban J connectivity index is 2.99. The Labute approximate surface area is 77.4 Å². The molecule has 0 unspecified atom stereocenters. The van der Waals surface area contributed by atoms with Gasteiger partial charge in [-0.2, -0.15) is 0 Å². The second kappa shape index (κ2) is 3.83. The summed E-state index contributed by atoms with van der Waals surface area (Å²) in [6.07, 6.45) is 2.30. The molecule has 0 spiro atoms. The Morgan fingerprint density at radius 2 is 2.00 bits per heavy atom. The van der Waals surface area contributed by atoms with Gasteiger partial charge in [0.2, 0.25) is 0 Å². The molecule has 0 radical (unpaired) electrons. The monoisotopic (exact) mass is 183 g/mol. The van der Waals surface area contributed by atoms with E-state index in [-0.39, 0.29) is 5.82 Å². The molecule has 72 valence electrons. The maximum Gasteiger partial charge on any atom is 0.141 e. The molecule has 2 nitrogen and oxygen atoms in total. The summed E-state index contributed by atoms with van der Waals surface area (Å²) in [6, 6.07) is 2.85. The van der Waals surface area contributed by atoms with Gasteiger partial charge >= 0.3 is 0 Å². The van der Waals surface area contributed by atoms with Crippen LogP contribution in [0.4, 0.5) is 4.39 Å². The van der Waals surface area contributed by atoms with Gasteiger partial charge in [-0.3, -0.25) is 4.98 Å². The highest BCUT2D eigenvalue weighted by molar-refractivity contribution is 5.13. The van der Waals surface area contributed by atoms with E-state index < -0.39 is 5.60 Å². The maximum absolute atomic E-state index is 12.5. The number of hydrogen-bond acceptors (Lipinski definition) is 2. The van der Waals surface area contributed by atoms with Gasteiger partial charge in [0, 0.05) is 0 Å². The number of rotatable bonds is 3. The summed E-state index contributed by atoms with van der Waals surface area (Å²) >= 11 is 0. The third-order valence-electron chi connectivity index (χ3n) is 2.37. The van der Waals surface area contributed by atoms with Crippen LogP contribution in [-0.2, 0) is 5.60 Å². The van der Waals surface area contributed by atoms with Crippen LogP contribution in [0.5, 0.6) is 0 Å². The van der Waals surface area contributed by atoms with E-state index in [1.807, 2.05) is 13.8 Å². The van der Waals surface area contributed by atoms with E-state index in [1.165, 1.54) is 12.1 Å². The maximum atomic E-state index is 12.5. The lowest BCUT2D eigenvalue weighted by atomic mass is 9.93. The molecule has 1 N–H and O–H groups in total. The van der Waals surface area contributed by atoms with Crippen molar-refractivity contribution in [2.24, 2.45) is 0 Å². The van der Waals surface area contributed by atoms with Crippen LogP contribution >= 0.6 is 0 Å². The molecule has 0 amide bonds. The second-order valence-electron chi connectivity index (χ2n) is 3.10. The molecule has 1 aromatic heterocycles. The smallest absolute Gasteiger partial charge is 0.141 e. The lowest BCUT2D eigenvalue weighted by molar-refractivity contribution is 0.0239. The minimum absolute atomic E-state index is 0.377. The van der Waals surface area contributed by atoms with Crippen LogP contribution in [0.15, 0.2) is 18.3 Å². The van der Waals surface area contributed by atoms with Crippen LogP contribution < -0.4 is 0 Å². The van der Waals surface area contributed by atoms with Crippen LogP contribution in [0.2, 0.25) is 0 Å². The molecule has 1 heterocycles. The van der Waals surface area contributed by atoms with Crippen LogP contribution in [0.3, 0.4) is 0 Å². The van der Waals surface area contributed by atoms with Gasteiger partial charge in [0.15, 0.2) is 0 Å². The third kappa shape index (κ3) is 2.04. The SMILES string of the molecule is CCC(O)(CC)c1ccc(F)cn1. The highest BCUT2D eigenvalue weighted by Crippen LogP contribution is 2.26. The highest BCUT2D eigenvalue weighted by Gasteiger charge is 2.25. The van der Waals surface area contributed by atoms with Crippen LogP contribution in [-0.4, -0.2) is 10.1 Å². The Kier molecular flexibility index (Phi) is 2.98. The number of aliphatic hydroxyl groups is 1. The Morgan fingerprint density at radius 3 is 2.38 bits per heavy atom. The van der Waals surface area contributed by atoms with E-state index in [0.717, 1.165) is 6.20 Å². The van der Waals surface area contributed by atoms with E-state index in [4.69, 9.17) is 0 Å². The van der Waals surface area contributed by atoms with Crippen molar-refractivity contribution in [2.45, 2.75) is 32.3 Å². The van der Waals surface area contributed by atoms with Gasteiger partial charge in [-0.25, -0.2) is 4.39 Å². The largest absolute Gasteiger partial charge is 0.384 e. The molecule has 0 aliphatic rings. The van der Waals surface area contributed by atoms with Gasteiger partial charge in [-0.05, 0) is 25.0 Å². The number of hydrogen-bond donors (Lipinski definition) is 1. The highest BCUT2D eigenvalue weighted by atomic mass is 19.1. The van der Waals surface area contributed by atoms with E-state index in [2.05, 4.69) is 4.98 Å². The molecule has 0 bridgehead atoms. The molecule has 1 rings (SSSR count). The van der Waals surface area contributed by atoms with Gasteiger partial charge in [0.05, 0.1) is 11.9 Å². The third-order valence-corrected chi connectivity index (χ3v) is 2.37. The van der Waals surface area contributed by atoms with Crippen molar-refractivity contribution < 1.29 is 9.50 Å². The van der Waals surface area contributed by atoms with Gasteiger partial charge < -0.3 is 5.11 Å². The summed E-state index contributed by atoms with van der Waals surface area (Å²) in [7, 11) is 0. The van der Waals surface area contributed by atoms with Gasteiger partial charge in [0.25, 0.3) is 0 Å². The van der Waals surface area contributed by atoms with Crippen molar-refractivity contribution in [3.8, 4) is 0 Å². The molecule has 0 aliphatic heterocycles. The summed E-state index contributed by atoms with van der Waals surface area (Å²) in [6.45, 7) is 3.77. The molecular formula is C10H14FNO. The first-order valence-corrected chi connectivity index (χ1v) is 4.47. The summed E-state index contributed by atoms with van der Waals surface area (Å²) in [5.41, 5.74) is -0.368. The molecule has 0 saturated carbocycles. The Hall–Kier alpha value is -0.960. The fraction of sp³-hybridized carbons (Fsp3) is 0.500. The molecule has 0 aliphatic carbocycles. The number of aromatic nitrogens is 1. The van der Waals surface area contributed by atoms with Crippen molar-refractivity contribution in [1.82, 2.24) is 4.98 Å². The molecule has 1 aromatic rings. The summed E-state index contributed by atoms with van der Waals surface area (Å²) in [5, 5.41) is 10.0. The van der Waals surface area contributed by atoms with E-state index in [1.54, 1.807) is 0 Å². The lowest BCUT2D eigenvalue weighted by Gasteiger charge is -2.24. The first-order valence-electron chi connectivity index (χ1n) is 4.47. The average Bonchev–Trinajstić information content (AvgIpc) is 2.18. The van der Waals surface area contributed by atoms with Crippen LogP contribution in [0.1, 0.15) is 32.4 Å². The van der Waals surface area contributed by atoms with Crippen LogP contribution in [0, 0.1) is 5.82 Å². The fourth-order valence-corrected chi connectivity index (χ4v) is 1.26. The zero-order valence-electron chi connectivity index (χ0n) is 7.92. The van der Waals surface area contributed by atoms with Crippen molar-refractivity contribution in [3.63, 3.8) is 0 Å². The molecule has 0 fully saturated rings. The first kappa shape index (κ1) is 10.1. The number of halogens is 1. The molecule has 0 atom stereocenters. The minimum Gasteiger partial charge on any atom is -0.384 e. The fourth-order valence-electron chi connectivity index (χ4n) is 1.26. The predicted molar refractivity (Wildman–Crippen MR) is 48.7 cm³/mol. The minimum atomic E-state index is -0.909. The van der Waals surface area contributed by atoms with Gasteiger partial charge in [-0.15, -0.1) is 0 Å². The van der Waals surface area contributed by atoms with Crippen molar-refractivity contribution >= 4 is 0 Å². The van der Waals surface area contributed by atoms with Crippen molar-refractivity contribution in [1.29, 1.82) is 0 Å². The quantitative estimate of drug-likeness (QED) is 0.779.